The van der Waals surface area contributed by atoms with E-state index in [1.165, 1.54) is 0 Å². The van der Waals surface area contributed by atoms with Crippen LogP contribution >= 0.6 is 0 Å². The van der Waals surface area contributed by atoms with Crippen LogP contribution in [0.4, 0.5) is 0 Å². The summed E-state index contributed by atoms with van der Waals surface area (Å²) >= 11 is 0. The number of nitrogens with zero attached hydrogens (tertiary/aromatic N) is 1. The van der Waals surface area contributed by atoms with Crippen molar-refractivity contribution in [1.29, 1.82) is 0 Å². The molecule has 0 unspecified atom stereocenters. The highest BCUT2D eigenvalue weighted by atomic mass is 16.1. The predicted molar refractivity (Wildman–Crippen MR) is 58.9 cm³/mol. The second-order valence-corrected chi connectivity index (χ2v) is 2.10. The minimum Gasteiger partial charge on any atom is -0.355 e. The molecule has 0 aliphatic heterocycles. The monoisotopic (exact) mass is 192 g/mol. The number of carbonyl (C=O) groups excluding carboxylic acids is 1. The van der Waals surface area contributed by atoms with Crippen molar-refractivity contribution in [2.24, 2.45) is 0 Å². The Morgan fingerprint density at radius 1 is 1.50 bits per heavy atom. The topological polar surface area (TPSA) is 42.0 Å². The number of terminal acetylenes is 1. The van der Waals surface area contributed by atoms with Crippen LogP contribution in [-0.4, -0.2) is 17.9 Å². The van der Waals surface area contributed by atoms with E-state index >= 15 is 0 Å². The van der Waals surface area contributed by atoms with Gasteiger partial charge in [0, 0.05) is 25.0 Å². The first kappa shape index (κ1) is 14.7. The van der Waals surface area contributed by atoms with Gasteiger partial charge in [0.15, 0.2) is 0 Å². The number of carbonyl (C=O) groups is 1. The fraction of sp³-hybridized carbons (Fsp3) is 0.273. The lowest BCUT2D eigenvalue weighted by molar-refractivity contribution is 0.0963. The molecule has 1 amide bonds. The largest absolute Gasteiger partial charge is 0.355 e. The van der Waals surface area contributed by atoms with Crippen LogP contribution in [0.3, 0.4) is 0 Å². The molecule has 0 fully saturated rings. The van der Waals surface area contributed by atoms with Crippen molar-refractivity contribution in [3.05, 3.63) is 30.1 Å². The quantitative estimate of drug-likeness (QED) is 0.688. The third kappa shape index (κ3) is 5.78. The Hall–Kier alpha value is -1.82. The van der Waals surface area contributed by atoms with Gasteiger partial charge in [0.05, 0.1) is 0 Å². The first-order valence-corrected chi connectivity index (χ1v) is 3.75. The van der Waals surface area contributed by atoms with E-state index in [0.29, 0.717) is 5.56 Å². The molecule has 1 rings (SSSR count). The SMILES string of the molecule is C.C#CC.CNC(=O)c1ccncc1. The number of hydrogen-bond acceptors (Lipinski definition) is 2. The first-order valence-electron chi connectivity index (χ1n) is 3.75. The normalized spacial score (nSPS) is 6.93. The number of amides is 1. The molecule has 0 saturated heterocycles. The Bertz CT molecular complexity index is 288. The molecule has 0 aliphatic carbocycles. The molecule has 1 aromatic heterocycles. The highest BCUT2D eigenvalue weighted by Gasteiger charge is 1.98. The van der Waals surface area contributed by atoms with Crippen LogP contribution in [0.25, 0.3) is 0 Å². The third-order valence-corrected chi connectivity index (χ3v) is 1.17. The van der Waals surface area contributed by atoms with Crippen molar-refractivity contribution in [2.75, 3.05) is 7.05 Å². The Morgan fingerprint density at radius 2 is 1.93 bits per heavy atom. The molecule has 1 N–H and O–H groups in total. The molecule has 3 heteroatoms. The molecule has 0 spiro atoms. The van der Waals surface area contributed by atoms with E-state index in [1.807, 2.05) is 0 Å². The van der Waals surface area contributed by atoms with Gasteiger partial charge in [0.2, 0.25) is 0 Å². The van der Waals surface area contributed by atoms with Crippen LogP contribution in [0.1, 0.15) is 24.7 Å². The van der Waals surface area contributed by atoms with Gasteiger partial charge in [-0.3, -0.25) is 9.78 Å². The van der Waals surface area contributed by atoms with Gasteiger partial charge in [-0.25, -0.2) is 0 Å². The van der Waals surface area contributed by atoms with Gasteiger partial charge < -0.3 is 5.32 Å². The zero-order valence-corrected chi connectivity index (χ0v) is 7.74. The number of pyridine rings is 1. The van der Waals surface area contributed by atoms with Crippen molar-refractivity contribution in [2.45, 2.75) is 14.4 Å². The highest BCUT2D eigenvalue weighted by Crippen LogP contribution is 1.93. The van der Waals surface area contributed by atoms with E-state index in [0.717, 1.165) is 0 Å². The average molecular weight is 192 g/mol. The smallest absolute Gasteiger partial charge is 0.251 e. The number of nitrogens with one attached hydrogen (secondary N) is 1. The molecule has 1 aromatic rings. The van der Waals surface area contributed by atoms with E-state index in [9.17, 15) is 4.79 Å². The van der Waals surface area contributed by atoms with E-state index in [4.69, 9.17) is 0 Å². The molecule has 1 heterocycles. The van der Waals surface area contributed by atoms with Gasteiger partial charge in [-0.15, -0.1) is 12.3 Å². The van der Waals surface area contributed by atoms with Gasteiger partial charge in [-0.2, -0.15) is 0 Å². The predicted octanol–water partition coefficient (Wildman–Crippen LogP) is 1.72. The van der Waals surface area contributed by atoms with Gasteiger partial charge >= 0.3 is 0 Å². The zero-order valence-electron chi connectivity index (χ0n) is 7.74. The number of hydrogen-bond donors (Lipinski definition) is 1. The van der Waals surface area contributed by atoms with Crippen LogP contribution in [0, 0.1) is 12.3 Å². The maximum absolute atomic E-state index is 10.9. The van der Waals surface area contributed by atoms with E-state index in [1.54, 1.807) is 38.5 Å². The Labute approximate surface area is 85.6 Å². The molecule has 0 aliphatic rings. The minimum absolute atomic E-state index is 0. The summed E-state index contributed by atoms with van der Waals surface area (Å²) in [6, 6.07) is 3.33. The van der Waals surface area contributed by atoms with Crippen molar-refractivity contribution in [1.82, 2.24) is 10.3 Å². The van der Waals surface area contributed by atoms with E-state index in [-0.39, 0.29) is 13.3 Å². The van der Waals surface area contributed by atoms with E-state index in [2.05, 4.69) is 22.6 Å². The van der Waals surface area contributed by atoms with E-state index < -0.39 is 0 Å². The van der Waals surface area contributed by atoms with Crippen LogP contribution in [0.2, 0.25) is 0 Å². The maximum atomic E-state index is 10.9. The zero-order chi connectivity index (χ0) is 10.1. The molecule has 3 nitrogen and oxygen atoms in total. The standard InChI is InChI=1S/C7H8N2O.C3H4.CH4/c1-8-7(10)6-2-4-9-5-3-6;1-3-2;/h2-5H,1H3,(H,8,10);1H,2H3;1H4. The van der Waals surface area contributed by atoms with Crippen molar-refractivity contribution < 1.29 is 4.79 Å². The molecule has 14 heavy (non-hydrogen) atoms. The summed E-state index contributed by atoms with van der Waals surface area (Å²) in [5.74, 6) is 2.17. The second-order valence-electron chi connectivity index (χ2n) is 2.10. The summed E-state index contributed by atoms with van der Waals surface area (Å²) in [5.41, 5.74) is 0.637. The highest BCUT2D eigenvalue weighted by molar-refractivity contribution is 5.93. The molecular weight excluding hydrogens is 176 g/mol. The average Bonchev–Trinajstić information content (AvgIpc) is 2.19. The van der Waals surface area contributed by atoms with Crippen molar-refractivity contribution >= 4 is 5.91 Å². The summed E-state index contributed by atoms with van der Waals surface area (Å²) in [6.45, 7) is 1.65. The van der Waals surface area contributed by atoms with Gasteiger partial charge in [-0.05, 0) is 19.1 Å². The molecule has 76 valence electrons. The van der Waals surface area contributed by atoms with Crippen LogP contribution in [0.15, 0.2) is 24.5 Å². The minimum atomic E-state index is -0.0811. The summed E-state index contributed by atoms with van der Waals surface area (Å²) < 4.78 is 0. The van der Waals surface area contributed by atoms with Crippen LogP contribution in [0.5, 0.6) is 0 Å². The number of rotatable bonds is 1. The lowest BCUT2D eigenvalue weighted by Crippen LogP contribution is -2.17. The Balaban J connectivity index is 0. The maximum Gasteiger partial charge on any atom is 0.251 e. The van der Waals surface area contributed by atoms with Gasteiger partial charge in [0.1, 0.15) is 0 Å². The lowest BCUT2D eigenvalue weighted by Gasteiger charge is -1.95. The molecule has 0 radical (unpaired) electrons. The second kappa shape index (κ2) is 9.27. The molecule has 0 bridgehead atoms. The fourth-order valence-corrected chi connectivity index (χ4v) is 0.648. The Morgan fingerprint density at radius 3 is 2.29 bits per heavy atom. The van der Waals surface area contributed by atoms with Crippen LogP contribution in [-0.2, 0) is 0 Å². The summed E-state index contributed by atoms with van der Waals surface area (Å²) in [4.78, 5) is 14.7. The van der Waals surface area contributed by atoms with Crippen LogP contribution < -0.4 is 5.32 Å². The lowest BCUT2D eigenvalue weighted by atomic mass is 10.2. The Kier molecular flexibility index (Phi) is 9.73. The van der Waals surface area contributed by atoms with Gasteiger partial charge in [-0.1, -0.05) is 7.43 Å². The molecule has 0 atom stereocenters. The molecular formula is C11H16N2O. The summed E-state index contributed by atoms with van der Waals surface area (Å²) in [7, 11) is 1.60. The van der Waals surface area contributed by atoms with Gasteiger partial charge in [0.25, 0.3) is 5.91 Å². The van der Waals surface area contributed by atoms with Crippen molar-refractivity contribution in [3.8, 4) is 12.3 Å². The summed E-state index contributed by atoms with van der Waals surface area (Å²) in [5, 5.41) is 2.51. The van der Waals surface area contributed by atoms with Crippen molar-refractivity contribution in [3.63, 3.8) is 0 Å². The fourth-order valence-electron chi connectivity index (χ4n) is 0.648. The summed E-state index contributed by atoms with van der Waals surface area (Å²) in [6.07, 6.45) is 7.77. The third-order valence-electron chi connectivity index (χ3n) is 1.17. The molecule has 0 aromatic carbocycles. The molecule has 0 saturated carbocycles. The number of aromatic nitrogens is 1. The first-order chi connectivity index (χ1) is 6.26.